The van der Waals surface area contributed by atoms with Crippen LogP contribution < -0.4 is 0 Å². The van der Waals surface area contributed by atoms with Crippen molar-refractivity contribution >= 4 is 13.4 Å². The molecule has 0 aromatic heterocycles. The lowest BCUT2D eigenvalue weighted by Gasteiger charge is -2.15. The fourth-order valence-electron chi connectivity index (χ4n) is 1.29. The maximum Gasteiger partial charge on any atom is 0.327 e. The largest absolute Gasteiger partial charge is 0.327 e. The summed E-state index contributed by atoms with van der Waals surface area (Å²) in [6.45, 7) is 5.26. The van der Waals surface area contributed by atoms with E-state index in [0.717, 1.165) is 19.3 Å². The van der Waals surface area contributed by atoms with Crippen molar-refractivity contribution in [3.05, 3.63) is 0 Å². The van der Waals surface area contributed by atoms with Crippen molar-refractivity contribution in [1.82, 2.24) is 0 Å². The molecule has 0 aromatic rings. The molecule has 5 heteroatoms. The third-order valence-corrected chi connectivity index (χ3v) is 3.62. The smallest absolute Gasteiger partial charge is 0.312 e. The Hall–Kier alpha value is -0.180. The zero-order valence-electron chi connectivity index (χ0n) is 9.99. The fourth-order valence-corrected chi connectivity index (χ4v) is 1.76. The number of Topliss-reactive ketones (excluding diaryl/α,β-unsaturated/α-hetero) is 1. The van der Waals surface area contributed by atoms with Gasteiger partial charge in [0.15, 0.2) is 5.78 Å². The second-order valence-electron chi connectivity index (χ2n) is 3.59. The lowest BCUT2D eigenvalue weighted by molar-refractivity contribution is -0.125. The average molecular weight is 236 g/mol. The second-order valence-corrected chi connectivity index (χ2v) is 5.75. The molecule has 0 saturated heterocycles. The predicted octanol–water partition coefficient (Wildman–Crippen LogP) is 2.87. The van der Waals surface area contributed by atoms with Crippen molar-refractivity contribution in [1.29, 1.82) is 0 Å². The van der Waals surface area contributed by atoms with Gasteiger partial charge in [-0.1, -0.05) is 20.3 Å². The van der Waals surface area contributed by atoms with E-state index >= 15 is 0 Å². The Kier molecular flexibility index (Phi) is 7.07. The number of carbonyl (C=O) groups is 1. The van der Waals surface area contributed by atoms with E-state index in [-0.39, 0.29) is 18.3 Å². The Balaban J connectivity index is 4.06. The summed E-state index contributed by atoms with van der Waals surface area (Å²) in [7, 11) is -1.70. The van der Waals surface area contributed by atoms with E-state index in [0.29, 0.717) is 0 Å². The van der Waals surface area contributed by atoms with Crippen molar-refractivity contribution in [3.63, 3.8) is 0 Å². The molecule has 0 radical (unpaired) electrons. The second kappa shape index (κ2) is 7.15. The third kappa shape index (κ3) is 6.08. The van der Waals surface area contributed by atoms with Crippen LogP contribution in [0.5, 0.6) is 0 Å². The van der Waals surface area contributed by atoms with Crippen LogP contribution in [0.15, 0.2) is 0 Å². The highest BCUT2D eigenvalue weighted by Gasteiger charge is 2.20. The van der Waals surface area contributed by atoms with Crippen molar-refractivity contribution in [2.24, 2.45) is 5.92 Å². The summed E-state index contributed by atoms with van der Waals surface area (Å²) in [4.78, 5) is 11.6. The molecule has 0 aromatic carbocycles. The Morgan fingerprint density at radius 1 is 1.40 bits per heavy atom. The summed E-state index contributed by atoms with van der Waals surface area (Å²) in [5.41, 5.74) is 0. The van der Waals surface area contributed by atoms with Gasteiger partial charge < -0.3 is 9.05 Å². The Morgan fingerprint density at radius 3 is 2.40 bits per heavy atom. The van der Waals surface area contributed by atoms with Gasteiger partial charge in [-0.05, 0) is 12.8 Å². The van der Waals surface area contributed by atoms with Gasteiger partial charge in [0.25, 0.3) is 0 Å². The van der Waals surface area contributed by atoms with E-state index < -0.39 is 7.60 Å². The standard InChI is InChI=1S/C10H21O4P/c1-5-7-9(6-2)10(11)8-14-15(4,12)13-3/h9H,5-8H2,1-4H3. The van der Waals surface area contributed by atoms with Crippen LogP contribution in [0.3, 0.4) is 0 Å². The number of carbonyl (C=O) groups excluding carboxylic acids is 1. The Labute approximate surface area is 91.9 Å². The van der Waals surface area contributed by atoms with E-state index in [1.54, 1.807) is 0 Å². The molecule has 15 heavy (non-hydrogen) atoms. The molecule has 0 aliphatic rings. The molecule has 0 rings (SSSR count). The van der Waals surface area contributed by atoms with Gasteiger partial charge in [-0.2, -0.15) is 0 Å². The summed E-state index contributed by atoms with van der Waals surface area (Å²) < 4.78 is 21.0. The average Bonchev–Trinajstić information content (AvgIpc) is 2.22. The molecular weight excluding hydrogens is 215 g/mol. The van der Waals surface area contributed by atoms with Gasteiger partial charge >= 0.3 is 7.60 Å². The normalized spacial score (nSPS) is 17.1. The van der Waals surface area contributed by atoms with Gasteiger partial charge in [0.2, 0.25) is 0 Å². The van der Waals surface area contributed by atoms with Crippen molar-refractivity contribution < 1.29 is 18.4 Å². The summed E-state index contributed by atoms with van der Waals surface area (Å²) >= 11 is 0. The quantitative estimate of drug-likeness (QED) is 0.608. The van der Waals surface area contributed by atoms with Gasteiger partial charge in [-0.3, -0.25) is 9.36 Å². The Morgan fingerprint density at radius 2 is 2.00 bits per heavy atom. The fraction of sp³-hybridized carbons (Fsp3) is 0.900. The van der Waals surface area contributed by atoms with E-state index in [4.69, 9.17) is 4.52 Å². The highest BCUT2D eigenvalue weighted by atomic mass is 31.2. The van der Waals surface area contributed by atoms with Gasteiger partial charge in [0.05, 0.1) is 0 Å². The van der Waals surface area contributed by atoms with Gasteiger partial charge in [0.1, 0.15) is 6.61 Å². The molecule has 90 valence electrons. The van der Waals surface area contributed by atoms with Crippen LogP contribution in [-0.4, -0.2) is 26.2 Å². The molecule has 0 fully saturated rings. The topological polar surface area (TPSA) is 52.6 Å². The maximum absolute atomic E-state index is 11.6. The summed E-state index contributed by atoms with van der Waals surface area (Å²) in [6, 6.07) is 0. The number of hydrogen-bond acceptors (Lipinski definition) is 4. The maximum atomic E-state index is 11.6. The molecule has 0 N–H and O–H groups in total. The van der Waals surface area contributed by atoms with Gasteiger partial charge in [-0.15, -0.1) is 0 Å². The molecule has 4 nitrogen and oxygen atoms in total. The molecule has 0 spiro atoms. The molecule has 2 unspecified atom stereocenters. The summed E-state index contributed by atoms with van der Waals surface area (Å²) in [5, 5.41) is 0. The third-order valence-electron chi connectivity index (χ3n) is 2.36. The van der Waals surface area contributed by atoms with E-state index in [1.165, 1.54) is 13.8 Å². The predicted molar refractivity (Wildman–Crippen MR) is 60.2 cm³/mol. The highest BCUT2D eigenvalue weighted by molar-refractivity contribution is 7.52. The van der Waals surface area contributed by atoms with E-state index in [9.17, 15) is 9.36 Å². The molecule has 0 aliphatic heterocycles. The lowest BCUT2D eigenvalue weighted by atomic mass is 9.96. The molecule has 2 atom stereocenters. The zero-order chi connectivity index (χ0) is 11.9. The van der Waals surface area contributed by atoms with Crippen LogP contribution in [0, 0.1) is 5.92 Å². The zero-order valence-corrected chi connectivity index (χ0v) is 10.9. The first-order valence-corrected chi connectivity index (χ1v) is 7.26. The van der Waals surface area contributed by atoms with Crippen LogP contribution in [-0.2, 0) is 18.4 Å². The summed E-state index contributed by atoms with van der Waals surface area (Å²) in [6.07, 6.45) is 2.63. The minimum Gasteiger partial charge on any atom is -0.312 e. The summed E-state index contributed by atoms with van der Waals surface area (Å²) in [5.74, 6) is 0.0327. The van der Waals surface area contributed by atoms with Crippen molar-refractivity contribution in [2.45, 2.75) is 33.1 Å². The molecular formula is C10H21O4P. The molecule has 0 aliphatic carbocycles. The monoisotopic (exact) mass is 236 g/mol. The van der Waals surface area contributed by atoms with Crippen LogP contribution in [0.4, 0.5) is 0 Å². The van der Waals surface area contributed by atoms with Crippen molar-refractivity contribution in [2.75, 3.05) is 20.4 Å². The SMILES string of the molecule is CCCC(CC)C(=O)COP(C)(=O)OC. The Bertz CT molecular complexity index is 240. The molecule has 0 heterocycles. The van der Waals surface area contributed by atoms with E-state index in [1.807, 2.05) is 13.8 Å². The lowest BCUT2D eigenvalue weighted by Crippen LogP contribution is -2.18. The van der Waals surface area contributed by atoms with Gasteiger partial charge in [0, 0.05) is 19.7 Å². The van der Waals surface area contributed by atoms with Crippen LogP contribution in [0.25, 0.3) is 0 Å². The van der Waals surface area contributed by atoms with Crippen LogP contribution >= 0.6 is 7.60 Å². The van der Waals surface area contributed by atoms with Crippen molar-refractivity contribution in [3.8, 4) is 0 Å². The van der Waals surface area contributed by atoms with Crippen LogP contribution in [0.1, 0.15) is 33.1 Å². The first-order chi connectivity index (χ1) is 6.96. The van der Waals surface area contributed by atoms with Gasteiger partial charge in [-0.25, -0.2) is 0 Å². The molecule has 0 saturated carbocycles. The van der Waals surface area contributed by atoms with Crippen LogP contribution in [0.2, 0.25) is 0 Å². The first-order valence-electron chi connectivity index (χ1n) is 5.27. The number of rotatable bonds is 8. The molecule has 0 bridgehead atoms. The first kappa shape index (κ1) is 14.8. The van der Waals surface area contributed by atoms with E-state index in [2.05, 4.69) is 4.52 Å². The minimum absolute atomic E-state index is 0.0125. The highest BCUT2D eigenvalue weighted by Crippen LogP contribution is 2.42. The number of hydrogen-bond donors (Lipinski definition) is 0. The minimum atomic E-state index is -3.02. The molecule has 0 amide bonds. The number of ketones is 1.